The number of amides is 1. The van der Waals surface area contributed by atoms with Gasteiger partial charge in [0.15, 0.2) is 0 Å². The molecule has 0 unspecified atom stereocenters. The number of nitro groups is 1. The lowest BCUT2D eigenvalue weighted by molar-refractivity contribution is -0.385. The van der Waals surface area contributed by atoms with E-state index in [1.165, 1.54) is 12.1 Å². The Morgan fingerprint density at radius 2 is 1.88 bits per heavy atom. The van der Waals surface area contributed by atoms with Crippen molar-refractivity contribution >= 4 is 11.6 Å². The van der Waals surface area contributed by atoms with E-state index in [0.717, 1.165) is 0 Å². The van der Waals surface area contributed by atoms with Crippen molar-refractivity contribution in [3.63, 3.8) is 0 Å². The Bertz CT molecular complexity index is 772. The molecule has 2 aromatic carbocycles. The van der Waals surface area contributed by atoms with Gasteiger partial charge in [-0.2, -0.15) is 0 Å². The summed E-state index contributed by atoms with van der Waals surface area (Å²) >= 11 is 0. The maximum absolute atomic E-state index is 11.8. The molecule has 2 aromatic rings. The summed E-state index contributed by atoms with van der Waals surface area (Å²) in [4.78, 5) is 22.3. The minimum Gasteiger partial charge on any atom is -0.491 e. The summed E-state index contributed by atoms with van der Waals surface area (Å²) in [6.45, 7) is 6.29. The maximum atomic E-state index is 11.8. The van der Waals surface area contributed by atoms with Crippen LogP contribution in [0.3, 0.4) is 0 Å². The van der Waals surface area contributed by atoms with Gasteiger partial charge in [0.05, 0.1) is 11.0 Å². The number of nitro benzene ring substituents is 1. The number of carbonyl (C=O) groups excluding carboxylic acids is 1. The summed E-state index contributed by atoms with van der Waals surface area (Å²) in [5.41, 5.74) is 1.10. The Morgan fingerprint density at radius 3 is 2.46 bits per heavy atom. The molecule has 7 nitrogen and oxygen atoms in total. The van der Waals surface area contributed by atoms with Crippen molar-refractivity contribution in [3.8, 4) is 11.5 Å². The predicted molar refractivity (Wildman–Crippen MR) is 97.6 cm³/mol. The van der Waals surface area contributed by atoms with Gasteiger partial charge in [0.25, 0.3) is 11.6 Å². The van der Waals surface area contributed by atoms with Gasteiger partial charge in [0.2, 0.25) is 0 Å². The molecule has 0 atom stereocenters. The molecule has 0 aliphatic carbocycles. The molecule has 138 valence electrons. The highest BCUT2D eigenvalue weighted by atomic mass is 16.6. The fourth-order valence-corrected chi connectivity index (χ4v) is 2.29. The first kappa shape index (κ1) is 19.2. The van der Waals surface area contributed by atoms with Crippen LogP contribution in [0, 0.1) is 10.1 Å². The lowest BCUT2D eigenvalue weighted by Gasteiger charge is -2.15. The van der Waals surface area contributed by atoms with Gasteiger partial charge in [0, 0.05) is 29.8 Å². The molecule has 2 rings (SSSR count). The zero-order valence-corrected chi connectivity index (χ0v) is 15.0. The molecular formula is C19H22N2O5. The molecule has 0 heterocycles. The fraction of sp³-hybridized carbons (Fsp3) is 0.316. The van der Waals surface area contributed by atoms with Crippen molar-refractivity contribution in [1.82, 2.24) is 5.32 Å². The highest BCUT2D eigenvalue weighted by Crippen LogP contribution is 2.26. The SMILES string of the molecule is CCNC(=O)c1ccc(OCc2cc([N+](=O)[O-])ccc2OC(C)C)cc1. The molecule has 0 aliphatic heterocycles. The van der Waals surface area contributed by atoms with Gasteiger partial charge in [-0.3, -0.25) is 14.9 Å². The fourth-order valence-electron chi connectivity index (χ4n) is 2.29. The monoisotopic (exact) mass is 358 g/mol. The highest BCUT2D eigenvalue weighted by molar-refractivity contribution is 5.94. The van der Waals surface area contributed by atoms with E-state index in [4.69, 9.17) is 9.47 Å². The van der Waals surface area contributed by atoms with Crippen LogP contribution in [0.2, 0.25) is 0 Å². The Balaban J connectivity index is 2.13. The minimum absolute atomic E-state index is 0.0220. The molecule has 0 spiro atoms. The average Bonchev–Trinajstić information content (AvgIpc) is 2.61. The van der Waals surface area contributed by atoms with E-state index in [1.807, 2.05) is 20.8 Å². The van der Waals surface area contributed by atoms with E-state index in [0.29, 0.717) is 29.2 Å². The van der Waals surface area contributed by atoms with Crippen LogP contribution in [0.1, 0.15) is 36.7 Å². The molecule has 26 heavy (non-hydrogen) atoms. The third-order valence-corrected chi connectivity index (χ3v) is 3.47. The van der Waals surface area contributed by atoms with Gasteiger partial charge in [-0.1, -0.05) is 0 Å². The smallest absolute Gasteiger partial charge is 0.270 e. The second kappa shape index (κ2) is 8.84. The van der Waals surface area contributed by atoms with Crippen LogP contribution in [-0.2, 0) is 6.61 Å². The summed E-state index contributed by atoms with van der Waals surface area (Å²) in [6, 6.07) is 11.1. The second-order valence-electron chi connectivity index (χ2n) is 5.89. The van der Waals surface area contributed by atoms with E-state index in [-0.39, 0.29) is 24.3 Å². The number of rotatable bonds is 8. The highest BCUT2D eigenvalue weighted by Gasteiger charge is 2.14. The van der Waals surface area contributed by atoms with Gasteiger partial charge in [-0.05, 0) is 51.1 Å². The lowest BCUT2D eigenvalue weighted by Crippen LogP contribution is -2.22. The third-order valence-electron chi connectivity index (χ3n) is 3.47. The number of nitrogens with one attached hydrogen (secondary N) is 1. The molecule has 0 saturated heterocycles. The average molecular weight is 358 g/mol. The first-order chi connectivity index (χ1) is 12.4. The molecule has 0 fully saturated rings. The van der Waals surface area contributed by atoms with Crippen LogP contribution in [0.4, 0.5) is 5.69 Å². The summed E-state index contributed by atoms with van der Waals surface area (Å²) < 4.78 is 11.4. The van der Waals surface area contributed by atoms with Gasteiger partial charge in [-0.25, -0.2) is 0 Å². The van der Waals surface area contributed by atoms with Crippen molar-refractivity contribution in [2.75, 3.05) is 6.54 Å². The van der Waals surface area contributed by atoms with Crippen molar-refractivity contribution in [1.29, 1.82) is 0 Å². The number of benzene rings is 2. The van der Waals surface area contributed by atoms with Gasteiger partial charge < -0.3 is 14.8 Å². The molecule has 7 heteroatoms. The van der Waals surface area contributed by atoms with Crippen molar-refractivity contribution in [2.45, 2.75) is 33.5 Å². The Labute approximate surface area is 152 Å². The number of hydrogen-bond donors (Lipinski definition) is 1. The van der Waals surface area contributed by atoms with Crippen LogP contribution in [-0.4, -0.2) is 23.5 Å². The van der Waals surface area contributed by atoms with Crippen LogP contribution >= 0.6 is 0 Å². The summed E-state index contributed by atoms with van der Waals surface area (Å²) in [5, 5.41) is 13.7. The Hall–Kier alpha value is -3.09. The Kier molecular flexibility index (Phi) is 6.54. The molecule has 0 aliphatic rings. The standard InChI is InChI=1S/C19H22N2O5/c1-4-20-19(22)14-5-8-17(9-6-14)25-12-15-11-16(21(23)24)7-10-18(15)26-13(2)3/h5-11,13H,4,12H2,1-3H3,(H,20,22). The molecule has 1 N–H and O–H groups in total. The topological polar surface area (TPSA) is 90.7 Å². The van der Waals surface area contributed by atoms with E-state index in [2.05, 4.69) is 5.32 Å². The number of hydrogen-bond acceptors (Lipinski definition) is 5. The van der Waals surface area contributed by atoms with E-state index in [1.54, 1.807) is 30.3 Å². The van der Waals surface area contributed by atoms with Gasteiger partial charge >= 0.3 is 0 Å². The lowest BCUT2D eigenvalue weighted by atomic mass is 10.1. The molecule has 0 aromatic heterocycles. The largest absolute Gasteiger partial charge is 0.491 e. The van der Waals surface area contributed by atoms with Crippen molar-refractivity contribution in [2.24, 2.45) is 0 Å². The van der Waals surface area contributed by atoms with Crippen LogP contribution in [0.25, 0.3) is 0 Å². The summed E-state index contributed by atoms with van der Waals surface area (Å²) in [5.74, 6) is 0.954. The molecule has 0 bridgehead atoms. The normalized spacial score (nSPS) is 10.5. The number of ether oxygens (including phenoxy) is 2. The second-order valence-corrected chi connectivity index (χ2v) is 5.89. The minimum atomic E-state index is -0.455. The number of carbonyl (C=O) groups is 1. The van der Waals surface area contributed by atoms with Gasteiger partial charge in [-0.15, -0.1) is 0 Å². The third kappa shape index (κ3) is 5.20. The number of nitrogens with zero attached hydrogens (tertiary/aromatic N) is 1. The van der Waals surface area contributed by atoms with E-state index >= 15 is 0 Å². The van der Waals surface area contributed by atoms with Crippen molar-refractivity contribution in [3.05, 3.63) is 63.7 Å². The van der Waals surface area contributed by atoms with Crippen molar-refractivity contribution < 1.29 is 19.2 Å². The molecule has 0 saturated carbocycles. The summed E-state index contributed by atoms with van der Waals surface area (Å²) in [7, 11) is 0. The zero-order valence-electron chi connectivity index (χ0n) is 15.0. The number of non-ortho nitro benzene ring substituents is 1. The molecule has 0 radical (unpaired) electrons. The first-order valence-electron chi connectivity index (χ1n) is 8.35. The molecular weight excluding hydrogens is 336 g/mol. The van der Waals surface area contributed by atoms with Crippen LogP contribution in [0.5, 0.6) is 11.5 Å². The first-order valence-corrected chi connectivity index (χ1v) is 8.35. The van der Waals surface area contributed by atoms with Crippen LogP contribution < -0.4 is 14.8 Å². The molecule has 1 amide bonds. The maximum Gasteiger partial charge on any atom is 0.270 e. The Morgan fingerprint density at radius 1 is 1.19 bits per heavy atom. The van der Waals surface area contributed by atoms with E-state index < -0.39 is 4.92 Å². The van der Waals surface area contributed by atoms with E-state index in [9.17, 15) is 14.9 Å². The summed E-state index contributed by atoms with van der Waals surface area (Å²) in [6.07, 6.45) is -0.0634. The quantitative estimate of drug-likeness (QED) is 0.574. The zero-order chi connectivity index (χ0) is 19.1. The van der Waals surface area contributed by atoms with Gasteiger partial charge in [0.1, 0.15) is 18.1 Å². The predicted octanol–water partition coefficient (Wildman–Crippen LogP) is 3.71. The van der Waals surface area contributed by atoms with Crippen LogP contribution in [0.15, 0.2) is 42.5 Å².